The van der Waals surface area contributed by atoms with E-state index in [1.54, 1.807) is 57.2 Å². The van der Waals surface area contributed by atoms with Crippen molar-refractivity contribution in [2.24, 2.45) is 0 Å². The molecule has 0 aliphatic carbocycles. The van der Waals surface area contributed by atoms with E-state index < -0.39 is 66.0 Å². The van der Waals surface area contributed by atoms with Crippen molar-refractivity contribution in [3.8, 4) is 22.6 Å². The monoisotopic (exact) mass is 866 g/mol. The first-order valence-corrected chi connectivity index (χ1v) is 21.3. The number of esters is 1. The Labute approximate surface area is 365 Å². The maximum absolute atomic E-state index is 14.6. The van der Waals surface area contributed by atoms with E-state index >= 15 is 0 Å². The van der Waals surface area contributed by atoms with Crippen molar-refractivity contribution in [2.45, 2.75) is 122 Å². The number of hydrogen-bond donors (Lipinski definition) is 5. The Kier molecular flexibility index (Phi) is 20.5. The molecule has 342 valence electrons. The van der Waals surface area contributed by atoms with Gasteiger partial charge < -0.3 is 50.4 Å². The first-order valence-electron chi connectivity index (χ1n) is 21.3. The van der Waals surface area contributed by atoms with Crippen LogP contribution in [-0.2, 0) is 44.7 Å². The van der Waals surface area contributed by atoms with Crippen molar-refractivity contribution >= 4 is 41.6 Å². The Morgan fingerprint density at radius 3 is 2.16 bits per heavy atom. The Hall–Kier alpha value is -5.87. The molecule has 3 atom stereocenters. The van der Waals surface area contributed by atoms with Crippen LogP contribution in [0.4, 0.5) is 4.79 Å². The number of fused-ring (bicyclic) bond motifs is 5. The molecule has 2 aromatic rings. The highest BCUT2D eigenvalue weighted by Crippen LogP contribution is 2.39. The average molecular weight is 867 g/mol. The molecule has 17 heteroatoms. The van der Waals surface area contributed by atoms with Crippen LogP contribution in [0.5, 0.6) is 11.5 Å². The van der Waals surface area contributed by atoms with Crippen LogP contribution in [0.1, 0.15) is 109 Å². The maximum atomic E-state index is 14.6. The first kappa shape index (κ1) is 50.5. The summed E-state index contributed by atoms with van der Waals surface area (Å²) in [6.07, 6.45) is 5.69. The number of hydrogen-bond acceptors (Lipinski definition) is 11. The lowest BCUT2D eigenvalue weighted by atomic mass is 9.93. The molecule has 0 saturated carbocycles. The minimum absolute atomic E-state index is 0.0689. The molecule has 0 radical (unpaired) electrons. The van der Waals surface area contributed by atoms with Gasteiger partial charge in [0.15, 0.2) is 0 Å². The standard InChI is InChI=1S/C45H66N6O11/c1-9-10-11-12-13-17-37(52)46-24-22-38(53)49-33(16-14-15-23-47-44(58)62-45(2,3)4)42(56)51(5)40-30-19-21-36(60-7)32(27-30)31-25-29(18-20-35(31)59-6)26-34(43(57)61-8)50-39(54)28-48-41(40)55/h18-21,25,27,33-34,40H,9-17,22-24,26,28H2,1-8H3,(H,46,52)(H,47,58)(H,48,55)(H,49,53)(H,50,54)/t33-,34-,40-/m0/s1. The summed E-state index contributed by atoms with van der Waals surface area (Å²) in [6, 6.07) is 6.70. The number of alkyl carbamates (subject to hydrolysis) is 1. The van der Waals surface area contributed by atoms with Gasteiger partial charge in [0.2, 0.25) is 29.5 Å². The van der Waals surface area contributed by atoms with Crippen molar-refractivity contribution < 1.29 is 52.5 Å². The van der Waals surface area contributed by atoms with Gasteiger partial charge in [0.25, 0.3) is 0 Å². The van der Waals surface area contributed by atoms with Gasteiger partial charge in [0.05, 0.1) is 27.9 Å². The average Bonchev–Trinajstić information content (AvgIpc) is 3.23. The normalized spacial score (nSPS) is 15.7. The van der Waals surface area contributed by atoms with Crippen LogP contribution >= 0.6 is 0 Å². The van der Waals surface area contributed by atoms with E-state index in [2.05, 4.69) is 33.5 Å². The lowest BCUT2D eigenvalue weighted by Crippen LogP contribution is -2.52. The molecule has 1 heterocycles. The van der Waals surface area contributed by atoms with E-state index in [1.165, 1.54) is 33.3 Å². The number of rotatable bonds is 20. The molecule has 0 fully saturated rings. The summed E-state index contributed by atoms with van der Waals surface area (Å²) in [5.74, 6) is -2.45. The highest BCUT2D eigenvalue weighted by Gasteiger charge is 2.35. The predicted octanol–water partition coefficient (Wildman–Crippen LogP) is 4.25. The SMILES string of the molecule is CCCCCCCC(=O)NCCC(=O)N[C@@H](CCCCNC(=O)OC(C)(C)C)C(=O)N(C)[C@@H]1C(=O)NCC(=O)N[C@H](C(=O)OC)Cc2ccc(OC)c(c2)-c2cc1ccc2OC. The number of amides is 6. The highest BCUT2D eigenvalue weighted by molar-refractivity contribution is 5.95. The van der Waals surface area contributed by atoms with Crippen molar-refractivity contribution in [1.29, 1.82) is 0 Å². The molecular formula is C45H66N6O11. The summed E-state index contributed by atoms with van der Waals surface area (Å²) < 4.78 is 21.7. The fourth-order valence-electron chi connectivity index (χ4n) is 7.00. The quantitative estimate of drug-likeness (QED) is 0.0936. The largest absolute Gasteiger partial charge is 0.496 e. The van der Waals surface area contributed by atoms with Crippen LogP contribution in [0.15, 0.2) is 36.4 Å². The van der Waals surface area contributed by atoms with Crippen LogP contribution in [0, 0.1) is 0 Å². The lowest BCUT2D eigenvalue weighted by molar-refractivity contribution is -0.145. The summed E-state index contributed by atoms with van der Waals surface area (Å²) in [5.41, 5.74) is 1.41. The van der Waals surface area contributed by atoms with Gasteiger partial charge in [0.1, 0.15) is 35.2 Å². The second-order valence-corrected chi connectivity index (χ2v) is 16.2. The van der Waals surface area contributed by atoms with Crippen molar-refractivity contribution in [2.75, 3.05) is 48.0 Å². The molecular weight excluding hydrogens is 801 g/mol. The summed E-state index contributed by atoms with van der Waals surface area (Å²) in [4.78, 5) is 94.0. The fraction of sp³-hybridized carbons (Fsp3) is 0.578. The van der Waals surface area contributed by atoms with Crippen LogP contribution < -0.4 is 36.1 Å². The van der Waals surface area contributed by atoms with Gasteiger partial charge in [0, 0.05) is 50.5 Å². The van der Waals surface area contributed by atoms with Gasteiger partial charge >= 0.3 is 12.1 Å². The number of unbranched alkanes of at least 4 members (excludes halogenated alkanes) is 5. The van der Waals surface area contributed by atoms with Crippen molar-refractivity contribution in [3.63, 3.8) is 0 Å². The predicted molar refractivity (Wildman–Crippen MR) is 232 cm³/mol. The van der Waals surface area contributed by atoms with Gasteiger partial charge in [-0.15, -0.1) is 0 Å². The van der Waals surface area contributed by atoms with E-state index in [0.29, 0.717) is 53.0 Å². The van der Waals surface area contributed by atoms with Gasteiger partial charge in [-0.05, 0) is 81.8 Å². The van der Waals surface area contributed by atoms with Gasteiger partial charge in [-0.2, -0.15) is 0 Å². The van der Waals surface area contributed by atoms with E-state index in [0.717, 1.165) is 32.1 Å². The number of carbonyl (C=O) groups excluding carboxylic acids is 7. The molecule has 4 bridgehead atoms. The minimum atomic E-state index is -1.33. The zero-order chi connectivity index (χ0) is 45.8. The zero-order valence-corrected chi connectivity index (χ0v) is 37.5. The second-order valence-electron chi connectivity index (χ2n) is 16.2. The number of likely N-dealkylation sites (N-methyl/N-ethyl adjacent to an activating group) is 1. The molecule has 0 unspecified atom stereocenters. The third kappa shape index (κ3) is 16.2. The summed E-state index contributed by atoms with van der Waals surface area (Å²) in [5, 5.41) is 13.5. The number of benzene rings is 2. The number of nitrogens with one attached hydrogen (secondary N) is 5. The van der Waals surface area contributed by atoms with Crippen LogP contribution in [0.25, 0.3) is 11.1 Å². The third-order valence-corrected chi connectivity index (χ3v) is 10.2. The molecule has 0 saturated heterocycles. The van der Waals surface area contributed by atoms with Crippen molar-refractivity contribution in [1.82, 2.24) is 31.5 Å². The molecule has 0 aromatic heterocycles. The number of carbonyl (C=O) groups is 7. The Bertz CT molecular complexity index is 1860. The zero-order valence-electron chi connectivity index (χ0n) is 37.5. The van der Waals surface area contributed by atoms with E-state index in [1.807, 2.05) is 0 Å². The number of methoxy groups -OCH3 is 3. The van der Waals surface area contributed by atoms with Crippen LogP contribution in [0.2, 0.25) is 0 Å². The molecule has 0 spiro atoms. The summed E-state index contributed by atoms with van der Waals surface area (Å²) >= 11 is 0. The first-order chi connectivity index (χ1) is 29.5. The highest BCUT2D eigenvalue weighted by atomic mass is 16.6. The van der Waals surface area contributed by atoms with E-state index in [4.69, 9.17) is 18.9 Å². The minimum Gasteiger partial charge on any atom is -0.496 e. The Morgan fingerprint density at radius 1 is 0.823 bits per heavy atom. The number of nitrogens with zero attached hydrogens (tertiary/aromatic N) is 1. The lowest BCUT2D eigenvalue weighted by Gasteiger charge is -2.32. The van der Waals surface area contributed by atoms with Gasteiger partial charge in [-0.3, -0.25) is 24.0 Å². The topological polar surface area (TPSA) is 220 Å². The van der Waals surface area contributed by atoms with Crippen LogP contribution in [-0.4, -0.2) is 112 Å². The summed E-state index contributed by atoms with van der Waals surface area (Å²) in [6.45, 7) is 7.16. The van der Waals surface area contributed by atoms with Gasteiger partial charge in [-0.25, -0.2) is 9.59 Å². The van der Waals surface area contributed by atoms with E-state index in [9.17, 15) is 33.6 Å². The third-order valence-electron chi connectivity index (χ3n) is 10.2. The molecule has 5 N–H and O–H groups in total. The van der Waals surface area contributed by atoms with E-state index in [-0.39, 0.29) is 38.3 Å². The van der Waals surface area contributed by atoms with Crippen LogP contribution in [0.3, 0.4) is 0 Å². The molecule has 17 nitrogen and oxygen atoms in total. The molecule has 62 heavy (non-hydrogen) atoms. The maximum Gasteiger partial charge on any atom is 0.407 e. The smallest absolute Gasteiger partial charge is 0.407 e. The molecule has 1 aliphatic heterocycles. The second kappa shape index (κ2) is 25.2. The fourth-order valence-corrected chi connectivity index (χ4v) is 7.00. The Morgan fingerprint density at radius 2 is 1.50 bits per heavy atom. The Balaban J connectivity index is 1.96. The molecule has 2 aromatic carbocycles. The van der Waals surface area contributed by atoms with Gasteiger partial charge in [-0.1, -0.05) is 44.7 Å². The summed E-state index contributed by atoms with van der Waals surface area (Å²) in [7, 11) is 5.63. The molecule has 6 amide bonds. The van der Waals surface area contributed by atoms with Crippen molar-refractivity contribution in [3.05, 3.63) is 47.5 Å². The number of ether oxygens (including phenoxy) is 4. The molecule has 3 rings (SSSR count). The molecule has 1 aliphatic rings.